The quantitative estimate of drug-likeness (QED) is 0.330. The van der Waals surface area contributed by atoms with Crippen molar-refractivity contribution in [3.8, 4) is 11.5 Å². The van der Waals surface area contributed by atoms with Crippen LogP contribution in [0.5, 0.6) is 11.5 Å². The third kappa shape index (κ3) is 7.07. The second-order valence-electron chi connectivity index (χ2n) is 7.90. The summed E-state index contributed by atoms with van der Waals surface area (Å²) < 4.78 is 11.3. The highest BCUT2D eigenvalue weighted by Crippen LogP contribution is 2.28. The first kappa shape index (κ1) is 24.8. The van der Waals surface area contributed by atoms with Crippen LogP contribution in [0.25, 0.3) is 0 Å². The van der Waals surface area contributed by atoms with Crippen LogP contribution < -0.4 is 20.1 Å². The Bertz CT molecular complexity index is 1100. The van der Waals surface area contributed by atoms with Gasteiger partial charge in [-0.15, -0.1) is 0 Å². The maximum Gasteiger partial charge on any atom is 0.258 e. The van der Waals surface area contributed by atoms with Gasteiger partial charge in [-0.05, 0) is 73.4 Å². The molecule has 0 spiro atoms. The lowest BCUT2D eigenvalue weighted by Gasteiger charge is -2.15. The van der Waals surface area contributed by atoms with Crippen LogP contribution in [-0.4, -0.2) is 30.1 Å². The van der Waals surface area contributed by atoms with E-state index in [-0.39, 0.29) is 5.91 Å². The molecule has 0 aliphatic rings. The topological polar surface area (TPSA) is 84.8 Å². The number of aromatic nitrogens is 1. The van der Waals surface area contributed by atoms with E-state index in [0.29, 0.717) is 48.7 Å². The van der Waals surface area contributed by atoms with Gasteiger partial charge >= 0.3 is 0 Å². The van der Waals surface area contributed by atoms with Gasteiger partial charge in [-0.3, -0.25) is 15.1 Å². The van der Waals surface area contributed by atoms with E-state index in [0.717, 1.165) is 11.3 Å². The predicted octanol–water partition coefficient (Wildman–Crippen LogP) is 5.40. The monoisotopic (exact) mass is 460 g/mol. The molecule has 1 heterocycles. The van der Waals surface area contributed by atoms with Gasteiger partial charge in [0.1, 0.15) is 0 Å². The second kappa shape index (κ2) is 12.4. The first-order valence-electron chi connectivity index (χ1n) is 11.5. The number of pyridine rings is 1. The van der Waals surface area contributed by atoms with Gasteiger partial charge in [0.2, 0.25) is 5.96 Å². The summed E-state index contributed by atoms with van der Waals surface area (Å²) in [6, 6.07) is 17.0. The Hall–Kier alpha value is -3.87. The van der Waals surface area contributed by atoms with Gasteiger partial charge in [-0.25, -0.2) is 4.99 Å². The number of amides is 1. The van der Waals surface area contributed by atoms with Crippen molar-refractivity contribution in [3.05, 3.63) is 83.7 Å². The lowest BCUT2D eigenvalue weighted by Crippen LogP contribution is -2.36. The smallest absolute Gasteiger partial charge is 0.258 e. The fraction of sp³-hybridized carbons (Fsp3) is 0.296. The zero-order chi connectivity index (χ0) is 24.3. The van der Waals surface area contributed by atoms with Crippen LogP contribution in [-0.2, 0) is 6.54 Å². The van der Waals surface area contributed by atoms with Crippen molar-refractivity contribution < 1.29 is 14.3 Å². The van der Waals surface area contributed by atoms with Crippen LogP contribution in [0.4, 0.5) is 5.69 Å². The first-order valence-corrected chi connectivity index (χ1v) is 11.5. The first-order chi connectivity index (χ1) is 16.5. The number of rotatable bonds is 9. The van der Waals surface area contributed by atoms with E-state index in [2.05, 4.69) is 46.6 Å². The van der Waals surface area contributed by atoms with Gasteiger partial charge < -0.3 is 14.8 Å². The van der Waals surface area contributed by atoms with Crippen LogP contribution in [0.3, 0.4) is 0 Å². The highest BCUT2D eigenvalue weighted by atomic mass is 16.5. The molecule has 0 saturated carbocycles. The number of hydrogen-bond donors (Lipinski definition) is 2. The Labute approximate surface area is 201 Å². The summed E-state index contributed by atoms with van der Waals surface area (Å²) in [5, 5.41) is 6.13. The minimum absolute atomic E-state index is 0.302. The van der Waals surface area contributed by atoms with Crippen molar-refractivity contribution in [1.29, 1.82) is 0 Å². The maximum absolute atomic E-state index is 13.1. The van der Waals surface area contributed by atoms with Gasteiger partial charge in [0.15, 0.2) is 11.5 Å². The molecular weight excluding hydrogens is 428 g/mol. The summed E-state index contributed by atoms with van der Waals surface area (Å²) in [4.78, 5) is 21.7. The van der Waals surface area contributed by atoms with E-state index in [4.69, 9.17) is 9.47 Å². The fourth-order valence-electron chi connectivity index (χ4n) is 3.23. The van der Waals surface area contributed by atoms with Crippen LogP contribution >= 0.6 is 0 Å². The number of hydrogen-bond acceptors (Lipinski definition) is 5. The zero-order valence-electron chi connectivity index (χ0n) is 20.2. The van der Waals surface area contributed by atoms with E-state index < -0.39 is 0 Å². The number of carbonyl (C=O) groups excluding carboxylic acids is 1. The van der Waals surface area contributed by atoms with Crippen LogP contribution in [0, 0.1) is 0 Å². The van der Waals surface area contributed by atoms with Crippen molar-refractivity contribution in [2.45, 2.75) is 40.2 Å². The van der Waals surface area contributed by atoms with Crippen molar-refractivity contribution in [2.75, 3.05) is 18.5 Å². The number of nitrogens with zero attached hydrogens (tertiary/aromatic N) is 2. The number of guanidine groups is 1. The fourth-order valence-corrected chi connectivity index (χ4v) is 3.23. The number of carbonyl (C=O) groups is 1. The summed E-state index contributed by atoms with van der Waals surface area (Å²) in [5.74, 6) is 1.63. The van der Waals surface area contributed by atoms with E-state index in [1.807, 2.05) is 38.1 Å². The van der Waals surface area contributed by atoms with Crippen molar-refractivity contribution in [3.63, 3.8) is 0 Å². The molecule has 7 heteroatoms. The SMILES string of the molecule is CCOc1ccc(C(=O)NC(=NCc2ccncc2)Nc2ccc(C(C)C)cc2)cc1OCC. The highest BCUT2D eigenvalue weighted by Gasteiger charge is 2.14. The standard InChI is InChI=1S/C27H32N4O3/c1-5-33-24-12-9-22(17-25(24)34-6-2)26(32)31-27(29-18-20-13-15-28-16-14-20)30-23-10-7-21(8-11-23)19(3)4/h7-17,19H,5-6,18H2,1-4H3,(H2,29,30,31,32). The Balaban J connectivity index is 1.82. The molecule has 0 radical (unpaired) electrons. The van der Waals surface area contributed by atoms with E-state index in [1.165, 1.54) is 5.56 Å². The molecule has 7 nitrogen and oxygen atoms in total. The summed E-state index contributed by atoms with van der Waals surface area (Å²) in [7, 11) is 0. The minimum atomic E-state index is -0.302. The van der Waals surface area contributed by atoms with E-state index >= 15 is 0 Å². The number of anilines is 1. The Kier molecular flexibility index (Phi) is 9.03. The largest absolute Gasteiger partial charge is 0.490 e. The molecule has 178 valence electrons. The number of benzene rings is 2. The molecular formula is C27H32N4O3. The molecule has 34 heavy (non-hydrogen) atoms. The predicted molar refractivity (Wildman–Crippen MR) is 136 cm³/mol. The van der Waals surface area contributed by atoms with Crippen LogP contribution in [0.2, 0.25) is 0 Å². The molecule has 3 aromatic rings. The van der Waals surface area contributed by atoms with Gasteiger partial charge in [0.05, 0.1) is 19.8 Å². The summed E-state index contributed by atoms with van der Waals surface area (Å²) >= 11 is 0. The summed E-state index contributed by atoms with van der Waals surface area (Å²) in [6.07, 6.45) is 3.44. The number of aliphatic imine (C=N–C) groups is 1. The average Bonchev–Trinajstić information content (AvgIpc) is 2.85. The van der Waals surface area contributed by atoms with Crippen molar-refractivity contribution >= 4 is 17.6 Å². The molecule has 0 aliphatic heterocycles. The molecule has 0 fully saturated rings. The second-order valence-corrected chi connectivity index (χ2v) is 7.90. The number of nitrogens with one attached hydrogen (secondary N) is 2. The van der Waals surface area contributed by atoms with E-state index in [9.17, 15) is 4.79 Å². The third-order valence-electron chi connectivity index (χ3n) is 5.05. The van der Waals surface area contributed by atoms with Crippen molar-refractivity contribution in [1.82, 2.24) is 10.3 Å². The maximum atomic E-state index is 13.1. The Morgan fingerprint density at radius 1 is 0.941 bits per heavy atom. The molecule has 2 aromatic carbocycles. The van der Waals surface area contributed by atoms with Crippen LogP contribution in [0.15, 0.2) is 72.0 Å². The third-order valence-corrected chi connectivity index (χ3v) is 5.05. The molecule has 3 rings (SSSR count). The molecule has 1 aromatic heterocycles. The minimum Gasteiger partial charge on any atom is -0.490 e. The molecule has 2 N–H and O–H groups in total. The number of ether oxygens (including phenoxy) is 2. The molecule has 0 saturated heterocycles. The van der Waals surface area contributed by atoms with Gasteiger partial charge in [-0.1, -0.05) is 26.0 Å². The molecule has 0 bridgehead atoms. The molecule has 0 aliphatic carbocycles. The van der Waals surface area contributed by atoms with E-state index in [1.54, 1.807) is 30.6 Å². The highest BCUT2D eigenvalue weighted by molar-refractivity contribution is 6.10. The summed E-state index contributed by atoms with van der Waals surface area (Å²) in [6.45, 7) is 9.47. The Morgan fingerprint density at radius 2 is 1.62 bits per heavy atom. The van der Waals surface area contributed by atoms with Gasteiger partial charge in [-0.2, -0.15) is 0 Å². The van der Waals surface area contributed by atoms with Gasteiger partial charge in [0.25, 0.3) is 5.91 Å². The molecule has 1 amide bonds. The van der Waals surface area contributed by atoms with Crippen molar-refractivity contribution in [2.24, 2.45) is 4.99 Å². The molecule has 0 unspecified atom stereocenters. The van der Waals surface area contributed by atoms with Gasteiger partial charge in [0, 0.05) is 23.6 Å². The normalized spacial score (nSPS) is 11.3. The summed E-state index contributed by atoms with van der Waals surface area (Å²) in [5.41, 5.74) is 3.50. The lowest BCUT2D eigenvalue weighted by molar-refractivity contribution is 0.0976. The Morgan fingerprint density at radius 3 is 2.26 bits per heavy atom. The average molecular weight is 461 g/mol. The zero-order valence-corrected chi connectivity index (χ0v) is 20.2. The lowest BCUT2D eigenvalue weighted by atomic mass is 10.0. The molecule has 0 atom stereocenters. The van der Waals surface area contributed by atoms with Crippen LogP contribution in [0.1, 0.15) is 55.1 Å².